The third-order valence-corrected chi connectivity index (χ3v) is 3.83. The summed E-state index contributed by atoms with van der Waals surface area (Å²) in [6.45, 7) is 0. The van der Waals surface area contributed by atoms with Gasteiger partial charge in [-0.1, -0.05) is 60.0 Å². The average Bonchev–Trinajstić information content (AvgIpc) is 2.61. The summed E-state index contributed by atoms with van der Waals surface area (Å²) >= 11 is 0. The van der Waals surface area contributed by atoms with Gasteiger partial charge in [0.15, 0.2) is 0 Å². The number of benzene rings is 2. The van der Waals surface area contributed by atoms with E-state index in [2.05, 4.69) is 9.97 Å². The van der Waals surface area contributed by atoms with Gasteiger partial charge in [-0.25, -0.2) is 9.97 Å². The zero-order valence-electron chi connectivity index (χ0n) is 13.1. The van der Waals surface area contributed by atoms with Crippen molar-refractivity contribution >= 4 is 27.6 Å². The Hall–Kier alpha value is -2.85. The van der Waals surface area contributed by atoms with Gasteiger partial charge in [0, 0.05) is 0 Å². The molecule has 4 aromatic rings. The van der Waals surface area contributed by atoms with Gasteiger partial charge in [0.05, 0.1) is 11.0 Å². The SMILES string of the molecule is O=C(c1ccc2cccc([O-])c2n1)c1ccc2cccc([O-])c2n1.[Zn+2]. The molecule has 0 radical (unpaired) electrons. The third kappa shape index (κ3) is 2.97. The summed E-state index contributed by atoms with van der Waals surface area (Å²) in [6.07, 6.45) is 0. The molecule has 0 aliphatic carbocycles. The minimum absolute atomic E-state index is 0. The molecule has 6 heteroatoms. The van der Waals surface area contributed by atoms with Crippen LogP contribution in [0.1, 0.15) is 16.2 Å². The Morgan fingerprint density at radius 3 is 1.56 bits per heavy atom. The van der Waals surface area contributed by atoms with Gasteiger partial charge in [0.25, 0.3) is 0 Å². The van der Waals surface area contributed by atoms with E-state index in [0.717, 1.165) is 0 Å². The summed E-state index contributed by atoms with van der Waals surface area (Å²) in [5, 5.41) is 25.1. The zero-order chi connectivity index (χ0) is 16.7. The van der Waals surface area contributed by atoms with Crippen LogP contribution in [-0.2, 0) is 19.5 Å². The molecule has 5 nitrogen and oxygen atoms in total. The molecule has 0 amide bonds. The van der Waals surface area contributed by atoms with Crippen molar-refractivity contribution in [2.45, 2.75) is 0 Å². The van der Waals surface area contributed by atoms with Gasteiger partial charge in [0.2, 0.25) is 5.78 Å². The van der Waals surface area contributed by atoms with Gasteiger partial charge in [-0.05, 0) is 22.9 Å². The van der Waals surface area contributed by atoms with Crippen LogP contribution in [0.25, 0.3) is 21.8 Å². The van der Waals surface area contributed by atoms with Crippen molar-refractivity contribution < 1.29 is 34.5 Å². The Bertz CT molecular complexity index is 1020. The second-order valence-electron chi connectivity index (χ2n) is 5.38. The number of hydrogen-bond acceptors (Lipinski definition) is 5. The van der Waals surface area contributed by atoms with E-state index in [4.69, 9.17) is 0 Å². The van der Waals surface area contributed by atoms with E-state index in [1.165, 1.54) is 12.1 Å². The minimum atomic E-state index is -0.426. The number of pyridine rings is 2. The number of nitrogens with zero attached hydrogens (tertiary/aromatic N) is 2. The summed E-state index contributed by atoms with van der Waals surface area (Å²) in [7, 11) is 0. The van der Waals surface area contributed by atoms with Crippen molar-refractivity contribution in [1.29, 1.82) is 0 Å². The van der Waals surface area contributed by atoms with Crippen molar-refractivity contribution in [3.63, 3.8) is 0 Å². The Morgan fingerprint density at radius 2 is 1.12 bits per heavy atom. The van der Waals surface area contributed by atoms with Crippen LogP contribution in [0.3, 0.4) is 0 Å². The molecule has 0 saturated heterocycles. The van der Waals surface area contributed by atoms with Crippen LogP contribution >= 0.6 is 0 Å². The molecule has 116 valence electrons. The normalized spacial score (nSPS) is 10.6. The Morgan fingerprint density at radius 1 is 0.680 bits per heavy atom. The fourth-order valence-corrected chi connectivity index (χ4v) is 2.62. The van der Waals surface area contributed by atoms with Crippen LogP contribution in [-0.4, -0.2) is 15.8 Å². The standard InChI is InChI=1S/C19H12N2O3.Zn/c22-15-5-1-3-11-7-9-13(20-17(11)15)19(24)14-10-8-12-4-2-6-16(23)18(12)21-14;/h1-10,22-23H;/q;+2/p-2. The topological polar surface area (TPSA) is 89.0 Å². The number of aromatic nitrogens is 2. The molecule has 25 heavy (non-hydrogen) atoms. The fraction of sp³-hybridized carbons (Fsp3) is 0. The van der Waals surface area contributed by atoms with Crippen molar-refractivity contribution in [2.75, 3.05) is 0 Å². The first-order valence-electron chi connectivity index (χ1n) is 7.32. The quantitative estimate of drug-likeness (QED) is 0.393. The monoisotopic (exact) mass is 378 g/mol. The zero-order valence-corrected chi connectivity index (χ0v) is 16.1. The summed E-state index contributed by atoms with van der Waals surface area (Å²) in [5.74, 6) is -0.906. The van der Waals surface area contributed by atoms with E-state index in [9.17, 15) is 15.0 Å². The Kier molecular flexibility index (Phi) is 4.47. The van der Waals surface area contributed by atoms with Crippen molar-refractivity contribution in [3.05, 3.63) is 72.1 Å². The molecule has 0 spiro atoms. The molecule has 0 aliphatic rings. The van der Waals surface area contributed by atoms with E-state index in [0.29, 0.717) is 10.8 Å². The van der Waals surface area contributed by atoms with Gasteiger partial charge in [0.1, 0.15) is 11.4 Å². The maximum absolute atomic E-state index is 12.6. The van der Waals surface area contributed by atoms with Crippen molar-refractivity contribution in [2.24, 2.45) is 0 Å². The van der Waals surface area contributed by atoms with Crippen molar-refractivity contribution in [3.8, 4) is 11.5 Å². The van der Waals surface area contributed by atoms with E-state index < -0.39 is 5.78 Å². The van der Waals surface area contributed by atoms with Gasteiger partial charge >= 0.3 is 19.5 Å². The molecule has 0 bridgehead atoms. The first-order chi connectivity index (χ1) is 11.6. The molecule has 2 aromatic carbocycles. The molecular weight excluding hydrogens is 370 g/mol. The minimum Gasteiger partial charge on any atom is -0.871 e. The van der Waals surface area contributed by atoms with E-state index in [-0.39, 0.29) is 53.4 Å². The predicted octanol–water partition coefficient (Wildman–Crippen LogP) is 2.16. The summed E-state index contributed by atoms with van der Waals surface area (Å²) in [4.78, 5) is 21.0. The average molecular weight is 380 g/mol. The van der Waals surface area contributed by atoms with Gasteiger partial charge in [-0.15, -0.1) is 0 Å². The number of para-hydroxylation sites is 2. The van der Waals surface area contributed by atoms with Crippen LogP contribution in [0.15, 0.2) is 60.7 Å². The molecule has 0 saturated carbocycles. The number of hydrogen-bond donors (Lipinski definition) is 0. The van der Waals surface area contributed by atoms with Gasteiger partial charge < -0.3 is 10.2 Å². The number of rotatable bonds is 2. The third-order valence-electron chi connectivity index (χ3n) is 3.83. The number of carbonyl (C=O) groups excluding carboxylic acids is 1. The molecular formula is C19H10N2O3Zn. The van der Waals surface area contributed by atoms with Crippen LogP contribution in [0.2, 0.25) is 0 Å². The number of carbonyl (C=O) groups is 1. The summed E-state index contributed by atoms with van der Waals surface area (Å²) in [5.41, 5.74) is 0.740. The second kappa shape index (κ2) is 6.57. The predicted molar refractivity (Wildman–Crippen MR) is 85.8 cm³/mol. The van der Waals surface area contributed by atoms with E-state index >= 15 is 0 Å². The molecule has 0 atom stereocenters. The van der Waals surface area contributed by atoms with Crippen molar-refractivity contribution in [1.82, 2.24) is 9.97 Å². The van der Waals surface area contributed by atoms with E-state index in [1.807, 2.05) is 0 Å². The van der Waals surface area contributed by atoms with E-state index in [1.54, 1.807) is 48.5 Å². The Labute approximate surface area is 155 Å². The number of fused-ring (bicyclic) bond motifs is 2. The maximum Gasteiger partial charge on any atom is 2.00 e. The molecule has 2 heterocycles. The first-order valence-corrected chi connectivity index (χ1v) is 7.32. The van der Waals surface area contributed by atoms with Gasteiger partial charge in [-0.2, -0.15) is 0 Å². The molecule has 0 aliphatic heterocycles. The Balaban J connectivity index is 0.00000182. The van der Waals surface area contributed by atoms with Crippen LogP contribution in [0, 0.1) is 0 Å². The van der Waals surface area contributed by atoms with Crippen LogP contribution in [0.4, 0.5) is 0 Å². The molecule has 0 fully saturated rings. The smallest absolute Gasteiger partial charge is 0.871 e. The van der Waals surface area contributed by atoms with Gasteiger partial charge in [-0.3, -0.25) is 4.79 Å². The summed E-state index contributed by atoms with van der Waals surface area (Å²) < 4.78 is 0. The molecule has 4 rings (SSSR count). The molecule has 2 aromatic heterocycles. The fourth-order valence-electron chi connectivity index (χ4n) is 2.62. The molecule has 0 unspecified atom stereocenters. The first kappa shape index (κ1) is 17.0. The second-order valence-corrected chi connectivity index (χ2v) is 5.38. The maximum atomic E-state index is 12.6. The van der Waals surface area contributed by atoms with Crippen LogP contribution < -0.4 is 10.2 Å². The molecule has 0 N–H and O–H groups in total. The summed E-state index contributed by atoms with van der Waals surface area (Å²) in [6, 6.07) is 16.1. The number of ketones is 1. The van der Waals surface area contributed by atoms with Crippen LogP contribution in [0.5, 0.6) is 11.5 Å². The largest absolute Gasteiger partial charge is 2.00 e.